The molecule has 0 radical (unpaired) electrons. The Morgan fingerprint density at radius 2 is 2.14 bits per heavy atom. The Labute approximate surface area is 82.6 Å². The van der Waals surface area contributed by atoms with Crippen LogP contribution in [0.5, 0.6) is 0 Å². The van der Waals surface area contributed by atoms with E-state index in [0.29, 0.717) is 5.56 Å². The Hall–Kier alpha value is -1.83. The number of aldehydes is 1. The SMILES string of the molecule is Cc1ccc(C=O)cc1-c1ccc[nH]1. The molecule has 2 nitrogen and oxygen atoms in total. The first-order valence-electron chi connectivity index (χ1n) is 4.51. The lowest BCUT2D eigenvalue weighted by Gasteiger charge is -2.03. The number of nitrogens with one attached hydrogen (secondary N) is 1. The minimum absolute atomic E-state index is 0.709. The van der Waals surface area contributed by atoms with Gasteiger partial charge in [-0.05, 0) is 30.7 Å². The first-order valence-corrected chi connectivity index (χ1v) is 4.51. The van der Waals surface area contributed by atoms with Gasteiger partial charge < -0.3 is 4.98 Å². The van der Waals surface area contributed by atoms with Crippen molar-refractivity contribution in [1.82, 2.24) is 4.98 Å². The zero-order valence-electron chi connectivity index (χ0n) is 7.95. The molecule has 1 aromatic carbocycles. The van der Waals surface area contributed by atoms with Gasteiger partial charge in [0.2, 0.25) is 0 Å². The summed E-state index contributed by atoms with van der Waals surface area (Å²) in [6, 6.07) is 9.63. The van der Waals surface area contributed by atoms with Gasteiger partial charge >= 0.3 is 0 Å². The molecule has 0 spiro atoms. The number of carbonyl (C=O) groups is 1. The molecule has 0 fully saturated rings. The van der Waals surface area contributed by atoms with Crippen LogP contribution in [0.15, 0.2) is 36.5 Å². The standard InChI is InChI=1S/C12H11NO/c1-9-4-5-10(8-14)7-11(9)12-3-2-6-13-12/h2-8,13H,1H3. The molecule has 14 heavy (non-hydrogen) atoms. The molecule has 2 heteroatoms. The Bertz CT molecular complexity index is 443. The number of hydrogen-bond acceptors (Lipinski definition) is 1. The fraction of sp³-hybridized carbons (Fsp3) is 0.0833. The summed E-state index contributed by atoms with van der Waals surface area (Å²) < 4.78 is 0. The summed E-state index contributed by atoms with van der Waals surface area (Å²) >= 11 is 0. The predicted octanol–water partition coefficient (Wildman–Crippen LogP) is 2.80. The van der Waals surface area contributed by atoms with Crippen LogP contribution in [0.1, 0.15) is 15.9 Å². The van der Waals surface area contributed by atoms with E-state index in [1.807, 2.05) is 43.5 Å². The Kier molecular flexibility index (Phi) is 2.19. The summed E-state index contributed by atoms with van der Waals surface area (Å²) in [6.07, 6.45) is 2.74. The van der Waals surface area contributed by atoms with Gasteiger partial charge in [0, 0.05) is 23.0 Å². The molecule has 0 aliphatic heterocycles. The molecule has 0 amide bonds. The van der Waals surface area contributed by atoms with E-state index in [9.17, 15) is 4.79 Å². The van der Waals surface area contributed by atoms with Crippen molar-refractivity contribution in [3.8, 4) is 11.3 Å². The fourth-order valence-corrected chi connectivity index (χ4v) is 1.50. The number of hydrogen-bond donors (Lipinski definition) is 1. The average molecular weight is 185 g/mol. The lowest BCUT2D eigenvalue weighted by molar-refractivity contribution is 0.112. The third-order valence-corrected chi connectivity index (χ3v) is 2.29. The minimum Gasteiger partial charge on any atom is -0.361 e. The second kappa shape index (κ2) is 3.50. The van der Waals surface area contributed by atoms with Gasteiger partial charge in [0.25, 0.3) is 0 Å². The summed E-state index contributed by atoms with van der Waals surface area (Å²) in [6.45, 7) is 2.03. The third-order valence-electron chi connectivity index (χ3n) is 2.29. The highest BCUT2D eigenvalue weighted by Gasteiger charge is 2.02. The van der Waals surface area contributed by atoms with Crippen LogP contribution < -0.4 is 0 Å². The van der Waals surface area contributed by atoms with Crippen LogP contribution in [0, 0.1) is 6.92 Å². The molecule has 1 aromatic heterocycles. The maximum Gasteiger partial charge on any atom is 0.150 e. The molecule has 1 N–H and O–H groups in total. The molecule has 0 atom stereocenters. The monoisotopic (exact) mass is 185 g/mol. The van der Waals surface area contributed by atoms with Crippen LogP contribution >= 0.6 is 0 Å². The summed E-state index contributed by atoms with van der Waals surface area (Å²) in [4.78, 5) is 13.8. The summed E-state index contributed by atoms with van der Waals surface area (Å²) in [5, 5.41) is 0. The Morgan fingerprint density at radius 1 is 1.29 bits per heavy atom. The van der Waals surface area contributed by atoms with Gasteiger partial charge in [-0.2, -0.15) is 0 Å². The second-order valence-corrected chi connectivity index (χ2v) is 3.28. The highest BCUT2D eigenvalue weighted by Crippen LogP contribution is 2.22. The van der Waals surface area contributed by atoms with Crippen molar-refractivity contribution in [2.45, 2.75) is 6.92 Å². The van der Waals surface area contributed by atoms with E-state index in [1.54, 1.807) is 0 Å². The van der Waals surface area contributed by atoms with Crippen LogP contribution in [-0.4, -0.2) is 11.3 Å². The fourth-order valence-electron chi connectivity index (χ4n) is 1.50. The summed E-state index contributed by atoms with van der Waals surface area (Å²) in [5.74, 6) is 0. The van der Waals surface area contributed by atoms with Gasteiger partial charge in [0.1, 0.15) is 6.29 Å². The molecule has 1 heterocycles. The summed E-state index contributed by atoms with van der Waals surface area (Å²) in [5.41, 5.74) is 4.00. The van der Waals surface area contributed by atoms with Crippen molar-refractivity contribution in [1.29, 1.82) is 0 Å². The molecule has 2 aromatic rings. The molecule has 0 unspecified atom stereocenters. The largest absolute Gasteiger partial charge is 0.361 e. The maximum absolute atomic E-state index is 10.6. The number of aryl methyl sites for hydroxylation is 1. The molecule has 0 bridgehead atoms. The molecule has 0 aliphatic carbocycles. The minimum atomic E-state index is 0.709. The second-order valence-electron chi connectivity index (χ2n) is 3.28. The summed E-state index contributed by atoms with van der Waals surface area (Å²) in [7, 11) is 0. The van der Waals surface area contributed by atoms with E-state index in [-0.39, 0.29) is 0 Å². The maximum atomic E-state index is 10.6. The zero-order chi connectivity index (χ0) is 9.97. The number of aromatic nitrogens is 1. The number of aromatic amines is 1. The quantitative estimate of drug-likeness (QED) is 0.717. The van der Waals surface area contributed by atoms with Gasteiger partial charge in [0.05, 0.1) is 0 Å². The van der Waals surface area contributed by atoms with Crippen LogP contribution in [0.2, 0.25) is 0 Å². The number of carbonyl (C=O) groups excluding carboxylic acids is 1. The van der Waals surface area contributed by atoms with Crippen LogP contribution in [0.4, 0.5) is 0 Å². The van der Waals surface area contributed by atoms with E-state index in [1.165, 1.54) is 0 Å². The number of H-pyrrole nitrogens is 1. The highest BCUT2D eigenvalue weighted by molar-refractivity contribution is 5.79. The van der Waals surface area contributed by atoms with Crippen molar-refractivity contribution >= 4 is 6.29 Å². The van der Waals surface area contributed by atoms with E-state index in [0.717, 1.165) is 23.1 Å². The highest BCUT2D eigenvalue weighted by atomic mass is 16.1. The first-order chi connectivity index (χ1) is 6.81. The predicted molar refractivity (Wildman–Crippen MR) is 56.4 cm³/mol. The third kappa shape index (κ3) is 1.46. The Balaban J connectivity index is 2.57. The molecule has 0 saturated carbocycles. The number of benzene rings is 1. The molecular formula is C12H11NO. The van der Waals surface area contributed by atoms with Gasteiger partial charge in [-0.1, -0.05) is 12.1 Å². The van der Waals surface area contributed by atoms with Gasteiger partial charge in [-0.15, -0.1) is 0 Å². The van der Waals surface area contributed by atoms with E-state index in [2.05, 4.69) is 4.98 Å². The van der Waals surface area contributed by atoms with E-state index < -0.39 is 0 Å². The molecule has 0 saturated heterocycles. The Morgan fingerprint density at radius 3 is 2.79 bits per heavy atom. The smallest absolute Gasteiger partial charge is 0.150 e. The zero-order valence-corrected chi connectivity index (χ0v) is 7.95. The normalized spacial score (nSPS) is 10.1. The van der Waals surface area contributed by atoms with Crippen LogP contribution in [0.3, 0.4) is 0 Å². The molecule has 0 aliphatic rings. The van der Waals surface area contributed by atoms with Crippen LogP contribution in [-0.2, 0) is 0 Å². The van der Waals surface area contributed by atoms with E-state index in [4.69, 9.17) is 0 Å². The van der Waals surface area contributed by atoms with Gasteiger partial charge in [-0.25, -0.2) is 0 Å². The van der Waals surface area contributed by atoms with Crippen molar-refractivity contribution in [2.75, 3.05) is 0 Å². The lowest BCUT2D eigenvalue weighted by Crippen LogP contribution is -1.86. The topological polar surface area (TPSA) is 32.9 Å². The number of rotatable bonds is 2. The van der Waals surface area contributed by atoms with Crippen molar-refractivity contribution < 1.29 is 4.79 Å². The molecule has 2 rings (SSSR count). The average Bonchev–Trinajstić information content (AvgIpc) is 2.71. The van der Waals surface area contributed by atoms with Crippen molar-refractivity contribution in [3.63, 3.8) is 0 Å². The molecule has 70 valence electrons. The van der Waals surface area contributed by atoms with Crippen molar-refractivity contribution in [2.24, 2.45) is 0 Å². The molecular weight excluding hydrogens is 174 g/mol. The van der Waals surface area contributed by atoms with Crippen LogP contribution in [0.25, 0.3) is 11.3 Å². The van der Waals surface area contributed by atoms with Gasteiger partial charge in [-0.3, -0.25) is 4.79 Å². The van der Waals surface area contributed by atoms with Gasteiger partial charge in [0.15, 0.2) is 0 Å². The van der Waals surface area contributed by atoms with Crippen molar-refractivity contribution in [3.05, 3.63) is 47.7 Å². The lowest BCUT2D eigenvalue weighted by atomic mass is 10.0. The first kappa shape index (κ1) is 8.75. The van der Waals surface area contributed by atoms with E-state index >= 15 is 0 Å².